The summed E-state index contributed by atoms with van der Waals surface area (Å²) >= 11 is 3.45. The molecule has 8 heteroatoms. The van der Waals surface area contributed by atoms with Gasteiger partial charge in [0.2, 0.25) is 11.8 Å². The van der Waals surface area contributed by atoms with Crippen LogP contribution in [0.5, 0.6) is 0 Å². The largest absolute Gasteiger partial charge is 0.478 e. The van der Waals surface area contributed by atoms with Crippen molar-refractivity contribution in [3.63, 3.8) is 0 Å². The Kier molecular flexibility index (Phi) is 10.7. The van der Waals surface area contributed by atoms with E-state index in [-0.39, 0.29) is 23.3 Å². The van der Waals surface area contributed by atoms with Crippen molar-refractivity contribution in [1.29, 1.82) is 0 Å². The van der Waals surface area contributed by atoms with Crippen LogP contribution in [0, 0.1) is 11.3 Å². The van der Waals surface area contributed by atoms with E-state index in [2.05, 4.69) is 26.6 Å². The Labute approximate surface area is 218 Å². The number of hydrogen-bond acceptors (Lipinski definition) is 4. The van der Waals surface area contributed by atoms with Gasteiger partial charge in [0.1, 0.15) is 6.04 Å². The highest BCUT2D eigenvalue weighted by Crippen LogP contribution is 2.30. The van der Waals surface area contributed by atoms with Gasteiger partial charge in [-0.05, 0) is 43.0 Å². The van der Waals surface area contributed by atoms with Crippen LogP contribution in [-0.4, -0.2) is 60.0 Å². The summed E-state index contributed by atoms with van der Waals surface area (Å²) in [5.41, 5.74) is 0.0265. The zero-order valence-corrected chi connectivity index (χ0v) is 24.3. The average Bonchev–Trinajstić information content (AvgIpc) is 2.74. The Morgan fingerprint density at radius 3 is 1.94 bits per heavy atom. The predicted octanol–water partition coefficient (Wildman–Crippen LogP) is 4.36. The Morgan fingerprint density at radius 2 is 1.54 bits per heavy atom. The minimum absolute atomic E-state index is 0.0176. The monoisotopic (exact) mass is 551 g/mol. The molecule has 3 N–H and O–H groups in total. The second-order valence-electron chi connectivity index (χ2n) is 11.1. The number of rotatable bonds is 10. The van der Waals surface area contributed by atoms with Crippen LogP contribution in [0.25, 0.3) is 0 Å². The third-order valence-corrected chi connectivity index (χ3v) is 7.03. The van der Waals surface area contributed by atoms with E-state index in [9.17, 15) is 19.5 Å². The molecule has 0 unspecified atom stereocenters. The second kappa shape index (κ2) is 12.2. The van der Waals surface area contributed by atoms with E-state index in [1.807, 2.05) is 72.7 Å². The summed E-state index contributed by atoms with van der Waals surface area (Å²) in [7, 11) is 3.39. The first kappa shape index (κ1) is 30.8. The highest BCUT2D eigenvalue weighted by atomic mass is 79.9. The first-order valence-corrected chi connectivity index (χ1v) is 12.7. The van der Waals surface area contributed by atoms with Crippen LogP contribution in [0.4, 0.5) is 0 Å². The lowest BCUT2D eigenvalue weighted by Crippen LogP contribution is -2.61. The number of benzene rings is 1. The van der Waals surface area contributed by atoms with Crippen LogP contribution < -0.4 is 10.6 Å². The van der Waals surface area contributed by atoms with Gasteiger partial charge in [-0.1, -0.05) is 82.6 Å². The molecule has 0 spiro atoms. The Balaban J connectivity index is 3.30. The number of aliphatic carboxylic acids is 1. The van der Waals surface area contributed by atoms with Gasteiger partial charge >= 0.3 is 5.97 Å². The normalized spacial score (nSPS) is 15.4. The number of amides is 2. The van der Waals surface area contributed by atoms with Gasteiger partial charge in [-0.3, -0.25) is 9.59 Å². The minimum Gasteiger partial charge on any atom is -0.478 e. The van der Waals surface area contributed by atoms with Crippen LogP contribution in [-0.2, 0) is 19.8 Å². The van der Waals surface area contributed by atoms with Crippen LogP contribution in [0.1, 0.15) is 61.0 Å². The van der Waals surface area contributed by atoms with Crippen LogP contribution in [0.3, 0.4) is 0 Å². The number of carbonyl (C=O) groups excluding carboxylic acids is 2. The highest BCUT2D eigenvalue weighted by Gasteiger charge is 2.41. The summed E-state index contributed by atoms with van der Waals surface area (Å²) in [6.45, 7) is 15.1. The van der Waals surface area contributed by atoms with E-state index in [0.29, 0.717) is 0 Å². The Morgan fingerprint density at radius 1 is 1.03 bits per heavy atom. The predicted molar refractivity (Wildman–Crippen MR) is 144 cm³/mol. The molecule has 2 amide bonds. The third kappa shape index (κ3) is 7.90. The Hall–Kier alpha value is -2.19. The van der Waals surface area contributed by atoms with Crippen molar-refractivity contribution in [3.05, 3.63) is 46.0 Å². The van der Waals surface area contributed by atoms with Crippen LogP contribution in [0.15, 0.2) is 40.4 Å². The van der Waals surface area contributed by atoms with E-state index in [1.54, 1.807) is 25.1 Å². The van der Waals surface area contributed by atoms with E-state index >= 15 is 0 Å². The number of nitrogens with one attached hydrogen (secondary N) is 2. The number of carbonyl (C=O) groups is 3. The molecule has 35 heavy (non-hydrogen) atoms. The lowest BCUT2D eigenvalue weighted by molar-refractivity contribution is -0.141. The first-order valence-electron chi connectivity index (χ1n) is 11.9. The fourth-order valence-electron chi connectivity index (χ4n) is 4.17. The van der Waals surface area contributed by atoms with Gasteiger partial charge < -0.3 is 20.6 Å². The number of carboxylic acid groups (broad SMARTS) is 1. The standard InChI is InChI=1S/C27H42BrN3O4/c1-16(2)20(15-17(3)25(34)35)31(10)24(33)22(26(4,5)6)30-23(32)21(29-9)27(7,8)18-11-13-19(28)14-12-18/h11-16,20-22,29H,1-10H3,(H,30,32)(H,34,35)/b17-15+/t20-,21-,22-/m1/s1. The topological polar surface area (TPSA) is 98.7 Å². The van der Waals surface area contributed by atoms with Gasteiger partial charge in [-0.2, -0.15) is 0 Å². The summed E-state index contributed by atoms with van der Waals surface area (Å²) < 4.78 is 0.954. The van der Waals surface area contributed by atoms with E-state index in [4.69, 9.17) is 0 Å². The molecule has 0 fully saturated rings. The van der Waals surface area contributed by atoms with Gasteiger partial charge in [0.25, 0.3) is 0 Å². The second-order valence-corrected chi connectivity index (χ2v) is 12.0. The molecule has 0 radical (unpaired) electrons. The fourth-order valence-corrected chi connectivity index (χ4v) is 4.43. The van der Waals surface area contributed by atoms with Gasteiger partial charge in [-0.15, -0.1) is 0 Å². The molecule has 1 rings (SSSR count). The molecular formula is C27H42BrN3O4. The molecule has 1 aromatic rings. The van der Waals surface area contributed by atoms with Gasteiger partial charge in [0, 0.05) is 22.5 Å². The van der Waals surface area contributed by atoms with Gasteiger partial charge in [0.15, 0.2) is 0 Å². The molecule has 0 heterocycles. The van der Waals surface area contributed by atoms with E-state index < -0.39 is 34.9 Å². The van der Waals surface area contributed by atoms with E-state index in [0.717, 1.165) is 10.0 Å². The molecule has 0 saturated heterocycles. The summed E-state index contributed by atoms with van der Waals surface area (Å²) in [6, 6.07) is 6.00. The van der Waals surface area contributed by atoms with Crippen LogP contribution in [0.2, 0.25) is 0 Å². The summed E-state index contributed by atoms with van der Waals surface area (Å²) in [4.78, 5) is 40.2. The van der Waals surface area contributed by atoms with Crippen molar-refractivity contribution < 1.29 is 19.5 Å². The number of halogens is 1. The first-order chi connectivity index (χ1) is 15.9. The molecule has 0 aliphatic carbocycles. The number of hydrogen-bond donors (Lipinski definition) is 3. The summed E-state index contributed by atoms with van der Waals surface area (Å²) in [5.74, 6) is -1.59. The molecule has 0 aromatic heterocycles. The van der Waals surface area contributed by atoms with Gasteiger partial charge in [-0.25, -0.2) is 4.79 Å². The van der Waals surface area contributed by atoms with Crippen molar-refractivity contribution in [2.24, 2.45) is 11.3 Å². The van der Waals surface area contributed by atoms with Crippen LogP contribution >= 0.6 is 15.9 Å². The fraction of sp³-hybridized carbons (Fsp3) is 0.593. The Bertz CT molecular complexity index is 933. The van der Waals surface area contributed by atoms with Crippen molar-refractivity contribution in [2.45, 2.75) is 78.9 Å². The quantitative estimate of drug-likeness (QED) is 0.375. The maximum absolute atomic E-state index is 13.7. The van der Waals surface area contributed by atoms with Crippen molar-refractivity contribution in [3.8, 4) is 0 Å². The highest BCUT2D eigenvalue weighted by molar-refractivity contribution is 9.10. The van der Waals surface area contributed by atoms with Crippen molar-refractivity contribution in [1.82, 2.24) is 15.5 Å². The summed E-state index contributed by atoms with van der Waals surface area (Å²) in [5, 5.41) is 15.5. The van der Waals surface area contributed by atoms with Gasteiger partial charge in [0.05, 0.1) is 12.1 Å². The maximum Gasteiger partial charge on any atom is 0.331 e. The summed E-state index contributed by atoms with van der Waals surface area (Å²) in [6.07, 6.45) is 1.60. The molecule has 1 aromatic carbocycles. The molecule has 0 aliphatic heterocycles. The zero-order valence-electron chi connectivity index (χ0n) is 22.7. The molecule has 3 atom stereocenters. The lowest BCUT2D eigenvalue weighted by atomic mass is 9.76. The average molecular weight is 553 g/mol. The molecule has 0 bridgehead atoms. The molecular weight excluding hydrogens is 510 g/mol. The maximum atomic E-state index is 13.7. The number of likely N-dealkylation sites (N-methyl/N-ethyl adjacent to an activating group) is 2. The molecule has 7 nitrogen and oxygen atoms in total. The zero-order chi connectivity index (χ0) is 27.3. The smallest absolute Gasteiger partial charge is 0.331 e. The van der Waals surface area contributed by atoms with Crippen molar-refractivity contribution in [2.75, 3.05) is 14.1 Å². The lowest BCUT2D eigenvalue weighted by Gasteiger charge is -2.40. The van der Waals surface area contributed by atoms with Crippen molar-refractivity contribution >= 4 is 33.7 Å². The molecule has 196 valence electrons. The molecule has 0 saturated carbocycles. The SMILES string of the molecule is CN[C@H](C(=O)N[C@H](C(=O)N(C)[C@H](/C=C(\C)C(=O)O)C(C)C)C(C)(C)C)C(C)(C)c1ccc(Br)cc1. The number of carboxylic acids is 1. The molecule has 0 aliphatic rings. The number of nitrogens with zero attached hydrogens (tertiary/aromatic N) is 1. The third-order valence-electron chi connectivity index (χ3n) is 6.50. The minimum atomic E-state index is -1.02. The van der Waals surface area contributed by atoms with E-state index in [1.165, 1.54) is 6.92 Å².